The molecule has 0 unspecified atom stereocenters. The lowest BCUT2D eigenvalue weighted by Crippen LogP contribution is -2.29. The first-order valence-electron chi connectivity index (χ1n) is 5.36. The summed E-state index contributed by atoms with van der Waals surface area (Å²) in [6.07, 6.45) is 4.12. The average molecular weight is 240 g/mol. The quantitative estimate of drug-likeness (QED) is 0.769. The summed E-state index contributed by atoms with van der Waals surface area (Å²) in [6, 6.07) is 3.38. The summed E-state index contributed by atoms with van der Waals surface area (Å²) in [5.41, 5.74) is 0.669. The summed E-state index contributed by atoms with van der Waals surface area (Å²) in [4.78, 5) is 15.3. The van der Waals surface area contributed by atoms with E-state index in [1.165, 1.54) is 12.8 Å². The molecule has 0 saturated heterocycles. The number of hydrogen-bond donors (Lipinski definition) is 2. The lowest BCUT2D eigenvalue weighted by molar-refractivity contribution is -0.115. The van der Waals surface area contributed by atoms with Crippen molar-refractivity contribution in [3.8, 4) is 0 Å². The van der Waals surface area contributed by atoms with E-state index in [1.54, 1.807) is 18.3 Å². The average Bonchev–Trinajstić information content (AvgIpc) is 3.05. The topological polar surface area (TPSA) is 54.0 Å². The zero-order valence-corrected chi connectivity index (χ0v) is 9.63. The number of anilines is 1. The number of carbonyl (C=O) groups is 1. The van der Waals surface area contributed by atoms with Gasteiger partial charge in [-0.3, -0.25) is 4.79 Å². The monoisotopic (exact) mass is 239 g/mol. The Morgan fingerprint density at radius 3 is 2.94 bits per heavy atom. The van der Waals surface area contributed by atoms with E-state index in [2.05, 4.69) is 15.6 Å². The van der Waals surface area contributed by atoms with E-state index < -0.39 is 0 Å². The van der Waals surface area contributed by atoms with Gasteiger partial charge in [-0.2, -0.15) is 0 Å². The zero-order chi connectivity index (χ0) is 11.4. The molecule has 1 saturated carbocycles. The molecule has 2 N–H and O–H groups in total. The molecule has 1 aromatic rings. The molecule has 1 aromatic heterocycles. The SMILES string of the molecule is O=C(CNCC1CC1)Nc1ccc(Cl)nc1. The maximum Gasteiger partial charge on any atom is 0.238 e. The second-order valence-electron chi connectivity index (χ2n) is 3.99. The van der Waals surface area contributed by atoms with Gasteiger partial charge in [-0.15, -0.1) is 0 Å². The summed E-state index contributed by atoms with van der Waals surface area (Å²) in [5, 5.41) is 6.28. The highest BCUT2D eigenvalue weighted by Crippen LogP contribution is 2.27. The van der Waals surface area contributed by atoms with E-state index >= 15 is 0 Å². The molecular weight excluding hydrogens is 226 g/mol. The normalized spacial score (nSPS) is 14.8. The maximum atomic E-state index is 11.5. The van der Waals surface area contributed by atoms with Crippen molar-refractivity contribution in [3.05, 3.63) is 23.5 Å². The fourth-order valence-electron chi connectivity index (χ4n) is 1.37. The van der Waals surface area contributed by atoms with Crippen LogP contribution in [0.2, 0.25) is 5.15 Å². The second-order valence-corrected chi connectivity index (χ2v) is 4.38. The van der Waals surface area contributed by atoms with Gasteiger partial charge in [-0.1, -0.05) is 11.6 Å². The Labute approximate surface area is 99.4 Å². The highest BCUT2D eigenvalue weighted by Gasteiger charge is 2.20. The van der Waals surface area contributed by atoms with Gasteiger partial charge in [-0.05, 0) is 37.4 Å². The predicted molar refractivity (Wildman–Crippen MR) is 63.5 cm³/mol. The minimum absolute atomic E-state index is 0.0511. The third kappa shape index (κ3) is 3.79. The smallest absolute Gasteiger partial charge is 0.238 e. The molecule has 4 nitrogen and oxygen atoms in total. The molecule has 0 radical (unpaired) electrons. The molecule has 2 rings (SSSR count). The summed E-state index contributed by atoms with van der Waals surface area (Å²) in [5.74, 6) is 0.731. The van der Waals surface area contributed by atoms with Crippen molar-refractivity contribution in [2.24, 2.45) is 5.92 Å². The van der Waals surface area contributed by atoms with Crippen molar-refractivity contribution >= 4 is 23.2 Å². The van der Waals surface area contributed by atoms with Gasteiger partial charge in [0.25, 0.3) is 0 Å². The van der Waals surface area contributed by atoms with Gasteiger partial charge in [0.1, 0.15) is 5.15 Å². The first-order chi connectivity index (χ1) is 7.74. The number of hydrogen-bond acceptors (Lipinski definition) is 3. The molecule has 86 valence electrons. The van der Waals surface area contributed by atoms with Crippen molar-refractivity contribution in [2.75, 3.05) is 18.4 Å². The number of pyridine rings is 1. The largest absolute Gasteiger partial charge is 0.324 e. The molecule has 0 bridgehead atoms. The summed E-state index contributed by atoms with van der Waals surface area (Å²) in [7, 11) is 0. The highest BCUT2D eigenvalue weighted by atomic mass is 35.5. The van der Waals surface area contributed by atoms with Gasteiger partial charge >= 0.3 is 0 Å². The first kappa shape index (κ1) is 11.4. The van der Waals surface area contributed by atoms with Crippen molar-refractivity contribution < 1.29 is 4.79 Å². The molecule has 0 aromatic carbocycles. The molecule has 1 aliphatic rings. The lowest BCUT2D eigenvalue weighted by Gasteiger charge is -2.05. The number of halogens is 1. The summed E-state index contributed by atoms with van der Waals surface area (Å²) < 4.78 is 0. The molecule has 0 aliphatic heterocycles. The third-order valence-electron chi connectivity index (χ3n) is 2.43. The van der Waals surface area contributed by atoms with Gasteiger partial charge in [0, 0.05) is 0 Å². The minimum Gasteiger partial charge on any atom is -0.324 e. The van der Waals surface area contributed by atoms with Crippen LogP contribution in [0.4, 0.5) is 5.69 Å². The van der Waals surface area contributed by atoms with E-state index in [-0.39, 0.29) is 5.91 Å². The Kier molecular flexibility index (Phi) is 3.74. The van der Waals surface area contributed by atoms with Crippen LogP contribution in [0.1, 0.15) is 12.8 Å². The third-order valence-corrected chi connectivity index (χ3v) is 2.65. The van der Waals surface area contributed by atoms with Crippen molar-refractivity contribution in [3.63, 3.8) is 0 Å². The lowest BCUT2D eigenvalue weighted by atomic mass is 10.4. The maximum absolute atomic E-state index is 11.5. The Hall–Kier alpha value is -1.13. The van der Waals surface area contributed by atoms with Crippen LogP contribution < -0.4 is 10.6 Å². The number of nitrogens with one attached hydrogen (secondary N) is 2. The molecule has 1 amide bonds. The molecule has 0 spiro atoms. The van der Waals surface area contributed by atoms with Crippen LogP contribution in [0.3, 0.4) is 0 Å². The Morgan fingerprint density at radius 2 is 2.31 bits per heavy atom. The van der Waals surface area contributed by atoms with Crippen molar-refractivity contribution in [1.29, 1.82) is 0 Å². The van der Waals surface area contributed by atoms with Crippen LogP contribution in [0.15, 0.2) is 18.3 Å². The number of aromatic nitrogens is 1. The van der Waals surface area contributed by atoms with Gasteiger partial charge in [0.15, 0.2) is 0 Å². The summed E-state index contributed by atoms with van der Waals surface area (Å²) >= 11 is 5.64. The number of amides is 1. The van der Waals surface area contributed by atoms with E-state index in [1.807, 2.05) is 0 Å². The van der Waals surface area contributed by atoms with Crippen LogP contribution >= 0.6 is 11.6 Å². The Balaban J connectivity index is 1.70. The van der Waals surface area contributed by atoms with E-state index in [9.17, 15) is 4.79 Å². The van der Waals surface area contributed by atoms with Gasteiger partial charge in [-0.25, -0.2) is 4.98 Å². The van der Waals surface area contributed by atoms with Crippen molar-refractivity contribution in [1.82, 2.24) is 10.3 Å². The predicted octanol–water partition coefficient (Wildman–Crippen LogP) is 1.67. The molecule has 1 heterocycles. The molecule has 1 aliphatic carbocycles. The van der Waals surface area contributed by atoms with Crippen LogP contribution in [-0.2, 0) is 4.79 Å². The van der Waals surface area contributed by atoms with Crippen LogP contribution in [0, 0.1) is 5.92 Å². The number of carbonyl (C=O) groups excluding carboxylic acids is 1. The second kappa shape index (κ2) is 5.27. The van der Waals surface area contributed by atoms with Crippen molar-refractivity contribution in [2.45, 2.75) is 12.8 Å². The van der Waals surface area contributed by atoms with Crippen LogP contribution in [-0.4, -0.2) is 24.0 Å². The number of rotatable bonds is 5. The molecule has 5 heteroatoms. The fourth-order valence-corrected chi connectivity index (χ4v) is 1.48. The Morgan fingerprint density at radius 1 is 1.50 bits per heavy atom. The molecule has 1 fully saturated rings. The minimum atomic E-state index is -0.0511. The van der Waals surface area contributed by atoms with E-state index in [0.717, 1.165) is 12.5 Å². The zero-order valence-electron chi connectivity index (χ0n) is 8.87. The van der Waals surface area contributed by atoms with E-state index in [4.69, 9.17) is 11.6 Å². The summed E-state index contributed by atoms with van der Waals surface area (Å²) in [6.45, 7) is 1.28. The van der Waals surface area contributed by atoms with Gasteiger partial charge < -0.3 is 10.6 Å². The van der Waals surface area contributed by atoms with Gasteiger partial charge in [0.2, 0.25) is 5.91 Å². The molecular formula is C11H14ClN3O. The molecule has 0 atom stereocenters. The highest BCUT2D eigenvalue weighted by molar-refractivity contribution is 6.29. The number of nitrogens with zero attached hydrogens (tertiary/aromatic N) is 1. The molecule has 16 heavy (non-hydrogen) atoms. The van der Waals surface area contributed by atoms with Crippen LogP contribution in [0.5, 0.6) is 0 Å². The van der Waals surface area contributed by atoms with Crippen LogP contribution in [0.25, 0.3) is 0 Å². The Bertz CT molecular complexity index is 362. The first-order valence-corrected chi connectivity index (χ1v) is 5.74. The van der Waals surface area contributed by atoms with Gasteiger partial charge in [0.05, 0.1) is 18.4 Å². The van der Waals surface area contributed by atoms with E-state index in [0.29, 0.717) is 17.4 Å². The standard InChI is InChI=1S/C11H14ClN3O/c12-10-4-3-9(6-14-10)15-11(16)7-13-5-8-1-2-8/h3-4,6,8,13H,1-2,5,7H2,(H,15,16). The fraction of sp³-hybridized carbons (Fsp3) is 0.455.